The Morgan fingerprint density at radius 3 is 2.16 bits per heavy atom. The Hall–Kier alpha value is -5.33. The lowest BCUT2D eigenvalue weighted by Crippen LogP contribution is -2.42. The number of hydrogen-bond donors (Lipinski definition) is 2. The van der Waals surface area contributed by atoms with E-state index in [1.807, 2.05) is 48.5 Å². The van der Waals surface area contributed by atoms with Crippen molar-refractivity contribution in [1.29, 1.82) is 0 Å². The smallest absolute Gasteiger partial charge is 0.410 e. The summed E-state index contributed by atoms with van der Waals surface area (Å²) in [4.78, 5) is 49.6. The molecule has 224 valence electrons. The topological polar surface area (TPSA) is 167 Å². The van der Waals surface area contributed by atoms with E-state index in [2.05, 4.69) is 5.32 Å². The van der Waals surface area contributed by atoms with E-state index in [-0.39, 0.29) is 48.2 Å². The van der Waals surface area contributed by atoms with Gasteiger partial charge >= 0.3 is 18.2 Å². The van der Waals surface area contributed by atoms with Crippen molar-refractivity contribution in [2.75, 3.05) is 27.4 Å². The first-order valence-corrected chi connectivity index (χ1v) is 13.4. The summed E-state index contributed by atoms with van der Waals surface area (Å²) < 4.78 is 21.1. The number of benzene rings is 3. The SMILES string of the molecule is COc1cc(COC(=O)N[C@@H]2C[C@@H](C(=O)O)N(C(=O)OCC3c4ccccc4-c4ccccc43)C2)c([N+](=O)[O-])cc1OC. The highest BCUT2D eigenvalue weighted by Crippen LogP contribution is 2.44. The number of nitrogens with one attached hydrogen (secondary N) is 1. The number of carboxylic acid groups (broad SMARTS) is 1. The molecule has 0 aromatic heterocycles. The van der Waals surface area contributed by atoms with Gasteiger partial charge in [0, 0.05) is 18.9 Å². The van der Waals surface area contributed by atoms with E-state index in [4.69, 9.17) is 18.9 Å². The molecule has 13 nitrogen and oxygen atoms in total. The Morgan fingerprint density at radius 2 is 1.58 bits per heavy atom. The summed E-state index contributed by atoms with van der Waals surface area (Å²) in [5, 5.41) is 23.8. The lowest BCUT2D eigenvalue weighted by atomic mass is 9.98. The molecule has 2 aliphatic rings. The number of nitro benzene ring substituents is 1. The molecule has 3 aromatic carbocycles. The number of hydrogen-bond acceptors (Lipinski definition) is 9. The Kier molecular flexibility index (Phi) is 8.32. The lowest BCUT2D eigenvalue weighted by Gasteiger charge is -2.22. The predicted octanol–water partition coefficient (Wildman–Crippen LogP) is 4.31. The van der Waals surface area contributed by atoms with Crippen molar-refractivity contribution in [3.8, 4) is 22.6 Å². The van der Waals surface area contributed by atoms with Crippen LogP contribution in [-0.4, -0.2) is 72.5 Å². The van der Waals surface area contributed by atoms with Gasteiger partial charge in [-0.3, -0.25) is 15.0 Å². The van der Waals surface area contributed by atoms with Gasteiger partial charge < -0.3 is 29.4 Å². The fourth-order valence-corrected chi connectivity index (χ4v) is 5.60. The summed E-state index contributed by atoms with van der Waals surface area (Å²) >= 11 is 0. The van der Waals surface area contributed by atoms with Crippen molar-refractivity contribution < 1.29 is 43.4 Å². The molecule has 0 spiro atoms. The molecule has 0 bridgehead atoms. The number of rotatable bonds is 9. The molecule has 0 unspecified atom stereocenters. The third-order valence-corrected chi connectivity index (χ3v) is 7.62. The molecule has 2 amide bonds. The van der Waals surface area contributed by atoms with Crippen LogP contribution in [0.3, 0.4) is 0 Å². The van der Waals surface area contributed by atoms with Crippen LogP contribution in [0, 0.1) is 10.1 Å². The minimum absolute atomic E-state index is 0.0138. The molecule has 1 aliphatic carbocycles. The number of ether oxygens (including phenoxy) is 4. The second kappa shape index (κ2) is 12.3. The van der Waals surface area contributed by atoms with E-state index in [9.17, 15) is 29.6 Å². The van der Waals surface area contributed by atoms with Crippen LogP contribution in [0.4, 0.5) is 15.3 Å². The number of carbonyl (C=O) groups is 3. The Morgan fingerprint density at radius 1 is 0.977 bits per heavy atom. The predicted molar refractivity (Wildman–Crippen MR) is 151 cm³/mol. The van der Waals surface area contributed by atoms with Crippen molar-refractivity contribution in [3.63, 3.8) is 0 Å². The van der Waals surface area contributed by atoms with Gasteiger partial charge in [-0.25, -0.2) is 14.4 Å². The van der Waals surface area contributed by atoms with E-state index in [0.29, 0.717) is 0 Å². The van der Waals surface area contributed by atoms with Gasteiger partial charge in [0.05, 0.1) is 36.8 Å². The molecule has 2 atom stereocenters. The fraction of sp³-hybridized carbons (Fsp3) is 0.300. The first-order chi connectivity index (χ1) is 20.7. The van der Waals surface area contributed by atoms with Gasteiger partial charge in [-0.05, 0) is 28.3 Å². The summed E-state index contributed by atoms with van der Waals surface area (Å²) in [5.41, 5.74) is 3.89. The number of amides is 2. The average molecular weight is 592 g/mol. The highest BCUT2D eigenvalue weighted by atomic mass is 16.6. The largest absolute Gasteiger partial charge is 0.493 e. The van der Waals surface area contributed by atoms with Crippen molar-refractivity contribution in [1.82, 2.24) is 10.2 Å². The van der Waals surface area contributed by atoms with Gasteiger partial charge in [0.1, 0.15) is 19.3 Å². The van der Waals surface area contributed by atoms with E-state index in [1.165, 1.54) is 20.3 Å². The van der Waals surface area contributed by atoms with Gasteiger partial charge in [-0.2, -0.15) is 0 Å². The normalized spacial score (nSPS) is 17.0. The molecule has 0 radical (unpaired) electrons. The number of carboxylic acids is 1. The maximum Gasteiger partial charge on any atom is 0.410 e. The summed E-state index contributed by atoms with van der Waals surface area (Å²) in [6, 6.07) is 16.2. The van der Waals surface area contributed by atoms with Crippen LogP contribution in [0.1, 0.15) is 29.0 Å². The van der Waals surface area contributed by atoms with Gasteiger partial charge in [-0.15, -0.1) is 0 Å². The van der Waals surface area contributed by atoms with E-state index >= 15 is 0 Å². The lowest BCUT2D eigenvalue weighted by molar-refractivity contribution is -0.385. The van der Waals surface area contributed by atoms with Gasteiger partial charge in [0.25, 0.3) is 5.69 Å². The molecule has 3 aromatic rings. The molecular weight excluding hydrogens is 562 g/mol. The zero-order valence-corrected chi connectivity index (χ0v) is 23.3. The number of alkyl carbamates (subject to hydrolysis) is 1. The van der Waals surface area contributed by atoms with Gasteiger partial charge in [0.15, 0.2) is 11.5 Å². The third kappa shape index (κ3) is 5.87. The zero-order chi connectivity index (χ0) is 30.7. The molecular formula is C30H29N3O10. The van der Waals surface area contributed by atoms with Crippen LogP contribution in [0.15, 0.2) is 60.7 Å². The molecule has 0 saturated carbocycles. The summed E-state index contributed by atoms with van der Waals surface area (Å²) in [6.45, 7) is -0.577. The monoisotopic (exact) mass is 591 g/mol. The van der Waals surface area contributed by atoms with Gasteiger partial charge in [-0.1, -0.05) is 48.5 Å². The zero-order valence-electron chi connectivity index (χ0n) is 23.3. The minimum Gasteiger partial charge on any atom is -0.493 e. The summed E-state index contributed by atoms with van der Waals surface area (Å²) in [7, 11) is 2.70. The first-order valence-electron chi connectivity index (χ1n) is 13.4. The number of nitrogens with zero attached hydrogens (tertiary/aromatic N) is 2. The second-order valence-corrected chi connectivity index (χ2v) is 10.1. The van der Waals surface area contributed by atoms with E-state index < -0.39 is 41.8 Å². The van der Waals surface area contributed by atoms with Crippen molar-refractivity contribution in [2.45, 2.75) is 31.0 Å². The average Bonchev–Trinajstić information content (AvgIpc) is 3.57. The Labute approximate surface area is 246 Å². The van der Waals surface area contributed by atoms with E-state index in [1.54, 1.807) is 0 Å². The third-order valence-electron chi connectivity index (χ3n) is 7.62. The maximum atomic E-state index is 13.1. The van der Waals surface area contributed by atoms with Crippen LogP contribution >= 0.6 is 0 Å². The molecule has 1 fully saturated rings. The number of fused-ring (bicyclic) bond motifs is 3. The van der Waals surface area contributed by atoms with Crippen molar-refractivity contribution in [3.05, 3.63) is 87.5 Å². The van der Waals surface area contributed by atoms with Crippen molar-refractivity contribution in [2.24, 2.45) is 0 Å². The standard InChI is InChI=1S/C30H29N3O10/c1-40-26-11-17(24(33(38)39)13-27(26)41-2)15-42-29(36)31-18-12-25(28(34)35)32(14-18)30(37)43-16-23-21-9-5-3-7-19(21)20-8-4-6-10-22(20)23/h3-11,13,18,23,25H,12,14-16H2,1-2H3,(H,31,36)(H,34,35)/t18-,25+/m1/s1. The number of nitro groups is 1. The van der Waals surface area contributed by atoms with Crippen LogP contribution in [0.5, 0.6) is 11.5 Å². The Balaban J connectivity index is 1.21. The number of likely N-dealkylation sites (tertiary alicyclic amines) is 1. The van der Waals surface area contributed by atoms with Crippen LogP contribution in [-0.2, 0) is 20.9 Å². The Bertz CT molecular complexity index is 1530. The maximum absolute atomic E-state index is 13.1. The quantitative estimate of drug-likeness (QED) is 0.270. The number of carbonyl (C=O) groups excluding carboxylic acids is 2. The van der Waals surface area contributed by atoms with Crippen LogP contribution in [0.25, 0.3) is 11.1 Å². The van der Waals surface area contributed by atoms with E-state index in [0.717, 1.165) is 33.2 Å². The molecule has 13 heteroatoms. The van der Waals surface area contributed by atoms with Crippen molar-refractivity contribution >= 4 is 23.8 Å². The summed E-state index contributed by atoms with van der Waals surface area (Å²) in [5.74, 6) is -1.09. The highest BCUT2D eigenvalue weighted by molar-refractivity contribution is 5.82. The van der Waals surface area contributed by atoms with Crippen LogP contribution in [0.2, 0.25) is 0 Å². The second-order valence-electron chi connectivity index (χ2n) is 10.1. The minimum atomic E-state index is -1.24. The highest BCUT2D eigenvalue weighted by Gasteiger charge is 2.42. The molecule has 2 N–H and O–H groups in total. The number of methoxy groups -OCH3 is 2. The molecule has 43 heavy (non-hydrogen) atoms. The molecule has 1 saturated heterocycles. The first kappa shape index (κ1) is 29.2. The molecule has 5 rings (SSSR count). The molecule has 1 heterocycles. The number of aliphatic carboxylic acids is 1. The summed E-state index contributed by atoms with van der Waals surface area (Å²) in [6.07, 6.45) is -1.83. The molecule has 1 aliphatic heterocycles. The van der Waals surface area contributed by atoms with Gasteiger partial charge in [0.2, 0.25) is 0 Å². The van der Waals surface area contributed by atoms with Crippen LogP contribution < -0.4 is 14.8 Å². The fourth-order valence-electron chi connectivity index (χ4n) is 5.60.